The molecule has 5 N–H and O–H groups in total. The molecule has 1 amide bonds. The normalized spacial score (nSPS) is 12.2. The number of alkyl halides is 6. The van der Waals surface area contributed by atoms with Gasteiger partial charge in [-0.2, -0.15) is 31.3 Å². The number of rotatable bonds is 7. The smallest absolute Gasteiger partial charge is 0.475 e. The number of thiazole rings is 1. The minimum Gasteiger partial charge on any atom is -0.475 e. The number of nitrogen functional groups attached to an aromatic ring is 1. The van der Waals surface area contributed by atoms with E-state index >= 15 is 0 Å². The average molecular weight is 657 g/mol. The first-order valence-electron chi connectivity index (χ1n) is 12.2. The van der Waals surface area contributed by atoms with Gasteiger partial charge < -0.3 is 30.3 Å². The van der Waals surface area contributed by atoms with Crippen molar-refractivity contribution >= 4 is 28.3 Å². The van der Waals surface area contributed by atoms with E-state index in [1.165, 1.54) is 47.7 Å². The van der Waals surface area contributed by atoms with Crippen LogP contribution in [0.15, 0.2) is 69.0 Å². The van der Waals surface area contributed by atoms with E-state index in [1.807, 2.05) is 0 Å². The molecule has 236 valence electrons. The third-order valence-electron chi connectivity index (χ3n) is 5.63. The Labute approximate surface area is 251 Å². The molecular weight excluding hydrogens is 638 g/mol. The molecule has 5 rings (SSSR count). The van der Waals surface area contributed by atoms with Gasteiger partial charge in [0.1, 0.15) is 11.3 Å². The Morgan fingerprint density at radius 2 is 1.58 bits per heavy atom. The Hall–Kier alpha value is -5.30. The molecule has 0 aliphatic carbocycles. The molecule has 0 fully saturated rings. The van der Waals surface area contributed by atoms with Crippen molar-refractivity contribution < 1.29 is 55.2 Å². The van der Waals surface area contributed by atoms with E-state index in [0.717, 1.165) is 0 Å². The van der Waals surface area contributed by atoms with Gasteiger partial charge in [-0.15, -0.1) is 11.3 Å². The predicted octanol–water partition coefficient (Wildman–Crippen LogP) is 5.10. The van der Waals surface area contributed by atoms with E-state index in [4.69, 9.17) is 24.7 Å². The number of aliphatic hydroxyl groups excluding tert-OH is 1. The first kappa shape index (κ1) is 32.6. The van der Waals surface area contributed by atoms with Crippen molar-refractivity contribution in [1.82, 2.24) is 25.6 Å². The number of anilines is 1. The van der Waals surface area contributed by atoms with Gasteiger partial charge in [-0.1, -0.05) is 64.9 Å². The van der Waals surface area contributed by atoms with E-state index in [2.05, 4.69) is 25.6 Å². The Morgan fingerprint density at radius 3 is 2.13 bits per heavy atom. The first-order valence-corrected chi connectivity index (χ1v) is 13.1. The topological polar surface area (TPSA) is 190 Å². The number of aliphatic carboxylic acids is 1. The van der Waals surface area contributed by atoms with Crippen LogP contribution in [0.4, 0.5) is 31.5 Å². The van der Waals surface area contributed by atoms with Crippen LogP contribution < -0.4 is 11.1 Å². The number of carbonyl (C=O) groups is 2. The molecule has 0 saturated carbocycles. The second-order valence-corrected chi connectivity index (χ2v) is 9.63. The number of carboxylic acid groups (broad SMARTS) is 1. The van der Waals surface area contributed by atoms with Gasteiger partial charge in [0.2, 0.25) is 11.6 Å². The van der Waals surface area contributed by atoms with Crippen molar-refractivity contribution in [2.45, 2.75) is 25.0 Å². The molecule has 12 nitrogen and oxygen atoms in total. The Bertz CT molecular complexity index is 1770. The van der Waals surface area contributed by atoms with Crippen molar-refractivity contribution in [3.05, 3.63) is 76.8 Å². The standard InChI is InChI=1S/C24H17F3N6O4S.C2HF3O2/c25-24(26,27)16-17(12-4-2-1-3-5-12)32-36-19(16)22-31-20(33-37-22)14-8-6-13(7-9-14)18(34)21(35)29-10-15-11-38-23(28)30-15;3-2(4,5)1(6)7/h1-9,11,18,34H,10H2,(H2,28,30)(H,29,35);(H,6,7). The third kappa shape index (κ3) is 8.00. The highest BCUT2D eigenvalue weighted by Crippen LogP contribution is 2.43. The van der Waals surface area contributed by atoms with Crippen LogP contribution in [0.3, 0.4) is 0 Å². The number of aliphatic hydroxyl groups is 1. The summed E-state index contributed by atoms with van der Waals surface area (Å²) in [4.78, 5) is 29.2. The van der Waals surface area contributed by atoms with Gasteiger partial charge in [-0.3, -0.25) is 4.79 Å². The molecule has 3 heterocycles. The summed E-state index contributed by atoms with van der Waals surface area (Å²) in [5, 5.41) is 29.4. The van der Waals surface area contributed by atoms with Crippen LogP contribution in [0.5, 0.6) is 0 Å². The zero-order valence-corrected chi connectivity index (χ0v) is 22.9. The highest BCUT2D eigenvalue weighted by molar-refractivity contribution is 7.13. The predicted molar refractivity (Wildman–Crippen MR) is 143 cm³/mol. The van der Waals surface area contributed by atoms with E-state index in [9.17, 15) is 36.2 Å². The Morgan fingerprint density at radius 1 is 0.933 bits per heavy atom. The van der Waals surface area contributed by atoms with Crippen molar-refractivity contribution in [1.29, 1.82) is 0 Å². The van der Waals surface area contributed by atoms with E-state index in [0.29, 0.717) is 16.4 Å². The number of nitrogens with zero attached hydrogens (tertiary/aromatic N) is 4. The quantitative estimate of drug-likeness (QED) is 0.171. The van der Waals surface area contributed by atoms with Gasteiger partial charge in [-0.25, -0.2) is 9.78 Å². The molecule has 1 unspecified atom stereocenters. The minimum absolute atomic E-state index is 0.0302. The number of nitrogens with one attached hydrogen (secondary N) is 1. The zero-order valence-electron chi connectivity index (χ0n) is 22.1. The monoisotopic (exact) mass is 656 g/mol. The molecule has 0 bridgehead atoms. The molecule has 19 heteroatoms. The molecule has 5 aromatic rings. The number of amides is 1. The Kier molecular flexibility index (Phi) is 9.52. The summed E-state index contributed by atoms with van der Waals surface area (Å²) >= 11 is 1.23. The maximum atomic E-state index is 13.9. The van der Waals surface area contributed by atoms with Gasteiger partial charge in [0.15, 0.2) is 11.2 Å². The first-order chi connectivity index (χ1) is 21.1. The molecule has 2 aromatic carbocycles. The van der Waals surface area contributed by atoms with Crippen LogP contribution in [0.25, 0.3) is 34.3 Å². The van der Waals surface area contributed by atoms with Crippen molar-refractivity contribution in [2.24, 2.45) is 0 Å². The van der Waals surface area contributed by atoms with Gasteiger partial charge in [0.25, 0.3) is 11.8 Å². The molecule has 0 aliphatic rings. The molecule has 45 heavy (non-hydrogen) atoms. The molecular formula is C26H18F6N6O6S. The lowest BCUT2D eigenvalue weighted by Gasteiger charge is -2.11. The molecule has 0 aliphatic heterocycles. The summed E-state index contributed by atoms with van der Waals surface area (Å²) in [5.41, 5.74) is 5.43. The molecule has 3 aromatic heterocycles. The number of benzene rings is 2. The van der Waals surface area contributed by atoms with Crippen LogP contribution in [0.1, 0.15) is 22.9 Å². The van der Waals surface area contributed by atoms with Gasteiger partial charge in [0, 0.05) is 16.5 Å². The van der Waals surface area contributed by atoms with Crippen LogP contribution in [-0.4, -0.2) is 48.5 Å². The number of hydrogen-bond acceptors (Lipinski definition) is 11. The number of hydrogen-bond donors (Lipinski definition) is 4. The number of carboxylic acids is 1. The molecule has 0 radical (unpaired) electrons. The fourth-order valence-corrected chi connectivity index (χ4v) is 4.13. The highest BCUT2D eigenvalue weighted by Gasteiger charge is 2.43. The second kappa shape index (κ2) is 13.1. The summed E-state index contributed by atoms with van der Waals surface area (Å²) < 4.78 is 83.6. The molecule has 1 atom stereocenters. The Balaban J connectivity index is 0.000000591. The van der Waals surface area contributed by atoms with Crippen molar-refractivity contribution in [3.63, 3.8) is 0 Å². The van der Waals surface area contributed by atoms with Gasteiger partial charge >= 0.3 is 18.3 Å². The summed E-state index contributed by atoms with van der Waals surface area (Å²) in [6.07, 6.45) is -11.4. The lowest BCUT2D eigenvalue weighted by molar-refractivity contribution is -0.192. The minimum atomic E-state index is -5.08. The lowest BCUT2D eigenvalue weighted by atomic mass is 10.1. The number of carbonyl (C=O) groups excluding carboxylic acids is 1. The maximum absolute atomic E-state index is 13.9. The average Bonchev–Trinajstić information content (AvgIpc) is 3.75. The fraction of sp³-hybridized carbons (Fsp3) is 0.154. The largest absolute Gasteiger partial charge is 0.490 e. The summed E-state index contributed by atoms with van der Waals surface area (Å²) in [5.74, 6) is -4.65. The highest BCUT2D eigenvalue weighted by atomic mass is 32.1. The summed E-state index contributed by atoms with van der Waals surface area (Å²) in [6, 6.07) is 13.7. The van der Waals surface area contributed by atoms with E-state index < -0.39 is 53.2 Å². The second-order valence-electron chi connectivity index (χ2n) is 8.74. The van der Waals surface area contributed by atoms with E-state index in [1.54, 1.807) is 23.6 Å². The summed E-state index contributed by atoms with van der Waals surface area (Å²) in [7, 11) is 0. The van der Waals surface area contributed by atoms with Crippen molar-refractivity contribution in [2.75, 3.05) is 5.73 Å². The fourth-order valence-electron chi connectivity index (χ4n) is 3.57. The van der Waals surface area contributed by atoms with Gasteiger partial charge in [-0.05, 0) is 5.56 Å². The van der Waals surface area contributed by atoms with Crippen LogP contribution in [-0.2, 0) is 22.3 Å². The third-order valence-corrected chi connectivity index (χ3v) is 6.35. The van der Waals surface area contributed by atoms with Crippen LogP contribution in [0, 0.1) is 0 Å². The van der Waals surface area contributed by atoms with Crippen molar-refractivity contribution in [3.8, 4) is 34.3 Å². The SMILES string of the molecule is Nc1nc(CNC(=O)C(O)c2ccc(-c3noc(-c4onc(-c5ccccc5)c4C(F)(F)F)n3)cc2)cs1.O=C(O)C(F)(F)F. The molecule has 0 spiro atoms. The van der Waals surface area contributed by atoms with Gasteiger partial charge in [0.05, 0.1) is 12.2 Å². The maximum Gasteiger partial charge on any atom is 0.490 e. The summed E-state index contributed by atoms with van der Waals surface area (Å²) in [6.45, 7) is 0.0981. The zero-order chi connectivity index (χ0) is 32.9. The lowest BCUT2D eigenvalue weighted by Crippen LogP contribution is -2.28. The van der Waals surface area contributed by atoms with Crippen LogP contribution >= 0.6 is 11.3 Å². The number of nitrogens with two attached hydrogens (primary N) is 1. The van der Waals surface area contributed by atoms with E-state index in [-0.39, 0.29) is 23.5 Å². The van der Waals surface area contributed by atoms with Crippen LogP contribution in [0.2, 0.25) is 0 Å². The molecule has 0 saturated heterocycles. The number of halogens is 6. The number of aromatic nitrogens is 4.